The number of likely N-dealkylation sites (N-methyl/N-ethyl adjacent to an activating group) is 1. The first-order valence-corrected chi connectivity index (χ1v) is 8.95. The van der Waals surface area contributed by atoms with Crippen molar-refractivity contribution in [3.63, 3.8) is 0 Å². The second kappa shape index (κ2) is 8.18. The second-order valence-electron chi connectivity index (χ2n) is 6.95. The van der Waals surface area contributed by atoms with Gasteiger partial charge in [-0.1, -0.05) is 0 Å². The number of hydrogen-bond donors (Lipinski definition) is 1. The molecule has 0 atom stereocenters. The summed E-state index contributed by atoms with van der Waals surface area (Å²) in [5.41, 5.74) is 2.55. The normalized spacial score (nSPS) is 14.7. The molecule has 1 saturated heterocycles. The Labute approximate surface area is 159 Å². The first kappa shape index (κ1) is 18.8. The summed E-state index contributed by atoms with van der Waals surface area (Å²) in [5.74, 6) is -0.367. The van der Waals surface area contributed by atoms with Crippen LogP contribution in [0.1, 0.15) is 20.7 Å². The molecule has 142 valence electrons. The number of aromatic nitrogens is 1. The molecule has 7 heteroatoms. The van der Waals surface area contributed by atoms with E-state index in [-0.39, 0.29) is 11.8 Å². The lowest BCUT2D eigenvalue weighted by molar-refractivity contribution is 0.0663. The lowest BCUT2D eigenvalue weighted by Gasteiger charge is -2.32. The van der Waals surface area contributed by atoms with Gasteiger partial charge in [0, 0.05) is 64.0 Å². The lowest BCUT2D eigenvalue weighted by atomic mass is 10.1. The van der Waals surface area contributed by atoms with Crippen molar-refractivity contribution in [2.24, 2.45) is 0 Å². The maximum atomic E-state index is 12.7. The Morgan fingerprint density at radius 1 is 1.00 bits per heavy atom. The lowest BCUT2D eigenvalue weighted by Crippen LogP contribution is -2.47. The van der Waals surface area contributed by atoms with Crippen LogP contribution in [0.25, 0.3) is 0 Å². The van der Waals surface area contributed by atoms with Crippen molar-refractivity contribution in [3.05, 3.63) is 53.9 Å². The highest BCUT2D eigenvalue weighted by Gasteiger charge is 2.21. The van der Waals surface area contributed by atoms with Crippen LogP contribution in [0.5, 0.6) is 0 Å². The van der Waals surface area contributed by atoms with E-state index in [1.54, 1.807) is 11.0 Å². The zero-order valence-corrected chi connectivity index (χ0v) is 16.0. The summed E-state index contributed by atoms with van der Waals surface area (Å²) in [7, 11) is 5.96. The number of piperazine rings is 1. The molecular formula is C20H25N5O2. The third kappa shape index (κ3) is 4.62. The summed E-state index contributed by atoms with van der Waals surface area (Å²) in [5, 5.41) is 2.85. The predicted molar refractivity (Wildman–Crippen MR) is 106 cm³/mol. The summed E-state index contributed by atoms with van der Waals surface area (Å²) in [4.78, 5) is 35.3. The first-order valence-electron chi connectivity index (χ1n) is 8.95. The van der Waals surface area contributed by atoms with Crippen molar-refractivity contribution in [2.45, 2.75) is 0 Å². The van der Waals surface area contributed by atoms with Gasteiger partial charge in [0.05, 0.1) is 11.1 Å². The van der Waals surface area contributed by atoms with Gasteiger partial charge in [0.25, 0.3) is 11.8 Å². The molecule has 1 aliphatic rings. The summed E-state index contributed by atoms with van der Waals surface area (Å²) < 4.78 is 0. The third-order valence-electron chi connectivity index (χ3n) is 4.68. The van der Waals surface area contributed by atoms with Crippen LogP contribution in [0.4, 0.5) is 11.4 Å². The molecule has 0 unspecified atom stereocenters. The highest BCUT2D eigenvalue weighted by atomic mass is 16.2. The number of benzene rings is 1. The van der Waals surface area contributed by atoms with E-state index in [1.807, 2.05) is 50.3 Å². The average molecular weight is 367 g/mol. The standard InChI is InChI=1S/C20H25N5O2/c1-23(2)18-6-4-17(5-7-18)22-19(26)15-12-16(14-21-13-15)20(27)25-10-8-24(3)9-11-25/h4-7,12-14H,8-11H2,1-3H3,(H,22,26). The maximum absolute atomic E-state index is 12.7. The van der Waals surface area contributed by atoms with E-state index in [4.69, 9.17) is 0 Å². The molecule has 7 nitrogen and oxygen atoms in total. The van der Waals surface area contributed by atoms with E-state index in [1.165, 1.54) is 12.4 Å². The van der Waals surface area contributed by atoms with Crippen LogP contribution >= 0.6 is 0 Å². The van der Waals surface area contributed by atoms with Gasteiger partial charge >= 0.3 is 0 Å². The third-order valence-corrected chi connectivity index (χ3v) is 4.68. The predicted octanol–water partition coefficient (Wildman–Crippen LogP) is 1.79. The molecule has 2 aromatic rings. The molecule has 27 heavy (non-hydrogen) atoms. The number of nitrogens with zero attached hydrogens (tertiary/aromatic N) is 4. The van der Waals surface area contributed by atoms with Crippen LogP contribution in [0.3, 0.4) is 0 Å². The minimum Gasteiger partial charge on any atom is -0.378 e. The van der Waals surface area contributed by atoms with Crippen molar-refractivity contribution in [3.8, 4) is 0 Å². The fourth-order valence-corrected chi connectivity index (χ4v) is 2.92. The molecular weight excluding hydrogens is 342 g/mol. The van der Waals surface area contributed by atoms with E-state index < -0.39 is 0 Å². The quantitative estimate of drug-likeness (QED) is 0.892. The molecule has 1 aromatic heterocycles. The summed E-state index contributed by atoms with van der Waals surface area (Å²) in [6.45, 7) is 3.07. The van der Waals surface area contributed by atoms with E-state index in [2.05, 4.69) is 15.2 Å². The largest absolute Gasteiger partial charge is 0.378 e. The summed E-state index contributed by atoms with van der Waals surface area (Å²) in [6.07, 6.45) is 2.99. The Balaban J connectivity index is 1.69. The number of amides is 2. The van der Waals surface area contributed by atoms with Crippen LogP contribution in [0, 0.1) is 0 Å². The summed E-state index contributed by atoms with van der Waals surface area (Å²) in [6, 6.07) is 9.17. The number of pyridine rings is 1. The van der Waals surface area contributed by atoms with Crippen LogP contribution < -0.4 is 10.2 Å². The fourth-order valence-electron chi connectivity index (χ4n) is 2.92. The van der Waals surface area contributed by atoms with Gasteiger partial charge in [-0.05, 0) is 37.4 Å². The smallest absolute Gasteiger partial charge is 0.257 e. The van der Waals surface area contributed by atoms with Gasteiger partial charge in [0.15, 0.2) is 0 Å². The molecule has 0 radical (unpaired) electrons. The number of carbonyl (C=O) groups is 2. The second-order valence-corrected chi connectivity index (χ2v) is 6.95. The van der Waals surface area contributed by atoms with Crippen LogP contribution in [0.15, 0.2) is 42.7 Å². The SMILES string of the molecule is CN1CCN(C(=O)c2cncc(C(=O)Nc3ccc(N(C)C)cc3)c2)CC1. The number of hydrogen-bond acceptors (Lipinski definition) is 5. The van der Waals surface area contributed by atoms with Crippen molar-refractivity contribution < 1.29 is 9.59 Å². The number of nitrogens with one attached hydrogen (secondary N) is 1. The van der Waals surface area contributed by atoms with Gasteiger partial charge in [-0.25, -0.2) is 0 Å². The highest BCUT2D eigenvalue weighted by molar-refractivity contribution is 6.05. The molecule has 0 saturated carbocycles. The zero-order chi connectivity index (χ0) is 19.4. The molecule has 1 fully saturated rings. The number of carbonyl (C=O) groups excluding carboxylic acids is 2. The van der Waals surface area contributed by atoms with Gasteiger partial charge in [-0.3, -0.25) is 14.6 Å². The molecule has 0 spiro atoms. The first-order chi connectivity index (χ1) is 12.9. The van der Waals surface area contributed by atoms with E-state index in [0.29, 0.717) is 29.9 Å². The molecule has 1 aliphatic heterocycles. The summed E-state index contributed by atoms with van der Waals surface area (Å²) >= 11 is 0. The zero-order valence-electron chi connectivity index (χ0n) is 16.0. The van der Waals surface area contributed by atoms with Gasteiger partial charge in [-0.2, -0.15) is 0 Å². The molecule has 1 N–H and O–H groups in total. The minimum atomic E-state index is -0.284. The van der Waals surface area contributed by atoms with Gasteiger partial charge < -0.3 is 20.0 Å². The van der Waals surface area contributed by atoms with E-state index in [9.17, 15) is 9.59 Å². The van der Waals surface area contributed by atoms with Gasteiger partial charge in [0.1, 0.15) is 0 Å². The molecule has 1 aromatic carbocycles. The van der Waals surface area contributed by atoms with E-state index in [0.717, 1.165) is 18.8 Å². The number of anilines is 2. The van der Waals surface area contributed by atoms with Crippen molar-refractivity contribution in [1.82, 2.24) is 14.8 Å². The topological polar surface area (TPSA) is 68.8 Å². The van der Waals surface area contributed by atoms with Gasteiger partial charge in [-0.15, -0.1) is 0 Å². The van der Waals surface area contributed by atoms with Crippen molar-refractivity contribution in [2.75, 3.05) is 57.5 Å². The average Bonchev–Trinajstić information content (AvgIpc) is 2.68. The Kier molecular flexibility index (Phi) is 5.71. The van der Waals surface area contributed by atoms with Crippen LogP contribution in [-0.2, 0) is 0 Å². The molecule has 0 bridgehead atoms. The Hall–Kier alpha value is -2.93. The van der Waals surface area contributed by atoms with Crippen LogP contribution in [-0.4, -0.2) is 73.9 Å². The van der Waals surface area contributed by atoms with Crippen molar-refractivity contribution >= 4 is 23.2 Å². The highest BCUT2D eigenvalue weighted by Crippen LogP contribution is 2.17. The fraction of sp³-hybridized carbons (Fsp3) is 0.350. The molecule has 2 heterocycles. The van der Waals surface area contributed by atoms with Gasteiger partial charge in [0.2, 0.25) is 0 Å². The maximum Gasteiger partial charge on any atom is 0.257 e. The van der Waals surface area contributed by atoms with Crippen LogP contribution in [0.2, 0.25) is 0 Å². The Morgan fingerprint density at radius 3 is 2.26 bits per heavy atom. The molecule has 2 amide bonds. The molecule has 0 aliphatic carbocycles. The Morgan fingerprint density at radius 2 is 1.63 bits per heavy atom. The minimum absolute atomic E-state index is 0.0828. The van der Waals surface area contributed by atoms with Crippen molar-refractivity contribution in [1.29, 1.82) is 0 Å². The molecule has 3 rings (SSSR count). The number of rotatable bonds is 4. The van der Waals surface area contributed by atoms with E-state index >= 15 is 0 Å². The Bertz CT molecular complexity index is 811. The monoisotopic (exact) mass is 367 g/mol.